The van der Waals surface area contributed by atoms with E-state index in [2.05, 4.69) is 0 Å². The molecule has 1 amide bonds. The summed E-state index contributed by atoms with van der Waals surface area (Å²) in [7, 11) is 1.60. The zero-order chi connectivity index (χ0) is 17.6. The van der Waals surface area contributed by atoms with Crippen molar-refractivity contribution >= 4 is 22.8 Å². The van der Waals surface area contributed by atoms with Crippen molar-refractivity contribution in [2.75, 3.05) is 20.2 Å². The van der Waals surface area contributed by atoms with Crippen LogP contribution >= 0.6 is 0 Å². The smallest absolute Gasteiger partial charge is 0.307 e. The number of benzene rings is 1. The van der Waals surface area contributed by atoms with Crippen LogP contribution in [0, 0.1) is 11.3 Å². The van der Waals surface area contributed by atoms with E-state index in [-0.39, 0.29) is 17.2 Å². The molecule has 1 unspecified atom stereocenters. The largest absolute Gasteiger partial charge is 0.481 e. The van der Waals surface area contributed by atoms with Crippen LogP contribution in [0.5, 0.6) is 0 Å². The van der Waals surface area contributed by atoms with Gasteiger partial charge in [-0.3, -0.25) is 9.59 Å². The fourth-order valence-electron chi connectivity index (χ4n) is 4.11. The average Bonchev–Trinajstić information content (AvgIpc) is 3.20. The van der Waals surface area contributed by atoms with Crippen LogP contribution in [0.1, 0.15) is 35.4 Å². The number of carbonyl (C=O) groups excluding carboxylic acids is 1. The van der Waals surface area contributed by atoms with Crippen LogP contribution in [0.2, 0.25) is 0 Å². The second kappa shape index (κ2) is 5.88. The quantitative estimate of drug-likeness (QED) is 0.923. The summed E-state index contributed by atoms with van der Waals surface area (Å²) in [6, 6.07) is 7.56. The van der Waals surface area contributed by atoms with Gasteiger partial charge in [0.1, 0.15) is 5.58 Å². The first kappa shape index (κ1) is 16.1. The van der Waals surface area contributed by atoms with Crippen LogP contribution in [0.4, 0.5) is 0 Å². The van der Waals surface area contributed by atoms with Gasteiger partial charge >= 0.3 is 5.97 Å². The summed E-state index contributed by atoms with van der Waals surface area (Å²) < 4.78 is 11.1. The Kier molecular flexibility index (Phi) is 3.80. The molecule has 2 aromatic rings. The molecule has 132 valence electrons. The van der Waals surface area contributed by atoms with E-state index in [1.54, 1.807) is 12.0 Å². The summed E-state index contributed by atoms with van der Waals surface area (Å²) in [6.07, 6.45) is 2.23. The highest BCUT2D eigenvalue weighted by Crippen LogP contribution is 2.59. The van der Waals surface area contributed by atoms with Gasteiger partial charge < -0.3 is 19.2 Å². The number of piperidine rings is 1. The van der Waals surface area contributed by atoms with E-state index in [0.717, 1.165) is 30.2 Å². The van der Waals surface area contributed by atoms with E-state index in [4.69, 9.17) is 9.15 Å². The van der Waals surface area contributed by atoms with Crippen molar-refractivity contribution < 1.29 is 23.8 Å². The summed E-state index contributed by atoms with van der Waals surface area (Å²) in [5.41, 5.74) is 1.36. The molecule has 2 fully saturated rings. The summed E-state index contributed by atoms with van der Waals surface area (Å²) in [5, 5.41) is 10.1. The molecule has 1 spiro atoms. The number of hydrogen-bond donors (Lipinski definition) is 1. The molecule has 1 aliphatic carbocycles. The Hall–Kier alpha value is -2.34. The van der Waals surface area contributed by atoms with E-state index in [9.17, 15) is 14.7 Å². The molecule has 2 heterocycles. The Bertz CT molecular complexity index is 831. The number of likely N-dealkylation sites (tertiary alicyclic amines) is 1. The predicted octanol–water partition coefficient (Wildman–Crippen LogP) is 2.91. The summed E-state index contributed by atoms with van der Waals surface area (Å²) in [4.78, 5) is 25.9. The molecule has 4 rings (SSSR count). The maximum absolute atomic E-state index is 13.0. The molecule has 1 atom stereocenters. The van der Waals surface area contributed by atoms with E-state index in [1.165, 1.54) is 0 Å². The fraction of sp³-hybridized carbons (Fsp3) is 0.474. The molecular weight excluding hydrogens is 322 g/mol. The van der Waals surface area contributed by atoms with Gasteiger partial charge in [-0.05, 0) is 30.7 Å². The van der Waals surface area contributed by atoms with Crippen molar-refractivity contribution in [3.05, 3.63) is 35.6 Å². The number of rotatable bonds is 4. The number of hydrogen-bond acceptors (Lipinski definition) is 4. The average molecular weight is 343 g/mol. The minimum Gasteiger partial charge on any atom is -0.481 e. The normalized spacial score (nSPS) is 21.6. The highest BCUT2D eigenvalue weighted by atomic mass is 16.5. The lowest BCUT2D eigenvalue weighted by molar-refractivity contribution is -0.139. The predicted molar refractivity (Wildman–Crippen MR) is 90.2 cm³/mol. The number of para-hydroxylation sites is 1. The molecule has 0 bridgehead atoms. The highest BCUT2D eigenvalue weighted by Gasteiger charge is 2.59. The number of aliphatic carboxylic acids is 1. The maximum atomic E-state index is 13.0. The van der Waals surface area contributed by atoms with E-state index >= 15 is 0 Å². The Morgan fingerprint density at radius 2 is 2.04 bits per heavy atom. The van der Waals surface area contributed by atoms with Crippen molar-refractivity contribution in [3.8, 4) is 0 Å². The van der Waals surface area contributed by atoms with Crippen LogP contribution in [0.3, 0.4) is 0 Å². The molecule has 0 radical (unpaired) electrons. The van der Waals surface area contributed by atoms with Gasteiger partial charge in [0, 0.05) is 31.1 Å². The number of nitrogens with zero attached hydrogens (tertiary/aromatic N) is 1. The third-order valence-corrected chi connectivity index (χ3v) is 5.72. The number of carboxylic acids is 1. The van der Waals surface area contributed by atoms with Gasteiger partial charge in [0.25, 0.3) is 5.91 Å². The van der Waals surface area contributed by atoms with Gasteiger partial charge in [-0.1, -0.05) is 18.2 Å². The third-order valence-electron chi connectivity index (χ3n) is 5.72. The number of carboxylic acid groups (broad SMARTS) is 1. The Morgan fingerprint density at radius 3 is 2.68 bits per heavy atom. The lowest BCUT2D eigenvalue weighted by Gasteiger charge is -2.32. The summed E-state index contributed by atoms with van der Waals surface area (Å²) in [6.45, 7) is 1.47. The van der Waals surface area contributed by atoms with Crippen molar-refractivity contribution in [1.82, 2.24) is 4.90 Å². The molecule has 6 heteroatoms. The molecule has 1 aromatic carbocycles. The molecule has 2 aliphatic rings. The first-order valence-electron chi connectivity index (χ1n) is 8.57. The maximum Gasteiger partial charge on any atom is 0.307 e. The van der Waals surface area contributed by atoms with Crippen molar-refractivity contribution in [3.63, 3.8) is 0 Å². The topological polar surface area (TPSA) is 80.0 Å². The molecule has 1 N–H and O–H groups in total. The monoisotopic (exact) mass is 343 g/mol. The first-order valence-corrected chi connectivity index (χ1v) is 8.57. The number of carbonyl (C=O) groups is 2. The third kappa shape index (κ3) is 2.61. The lowest BCUT2D eigenvalue weighted by atomic mass is 9.90. The molecule has 1 aliphatic heterocycles. The minimum absolute atomic E-state index is 0.0914. The van der Waals surface area contributed by atoms with Crippen molar-refractivity contribution in [2.45, 2.75) is 25.9 Å². The van der Waals surface area contributed by atoms with Crippen LogP contribution in [-0.4, -0.2) is 42.1 Å². The number of furan rings is 1. The number of methoxy groups -OCH3 is 1. The van der Waals surface area contributed by atoms with Gasteiger partial charge in [-0.15, -0.1) is 0 Å². The number of fused-ring (bicyclic) bond motifs is 1. The lowest BCUT2D eigenvalue weighted by Crippen LogP contribution is -2.40. The molecule has 6 nitrogen and oxygen atoms in total. The van der Waals surface area contributed by atoms with Crippen LogP contribution in [0.25, 0.3) is 11.0 Å². The van der Waals surface area contributed by atoms with Crippen LogP contribution in [-0.2, 0) is 16.1 Å². The Labute approximate surface area is 145 Å². The van der Waals surface area contributed by atoms with E-state index in [1.807, 2.05) is 24.3 Å². The molecule has 1 aromatic heterocycles. The summed E-state index contributed by atoms with van der Waals surface area (Å²) in [5.74, 6) is -0.741. The highest BCUT2D eigenvalue weighted by molar-refractivity contribution is 5.99. The number of ether oxygens (including phenoxy) is 1. The van der Waals surface area contributed by atoms with Crippen molar-refractivity contribution in [2.24, 2.45) is 11.3 Å². The van der Waals surface area contributed by atoms with Gasteiger partial charge in [0.2, 0.25) is 0 Å². The van der Waals surface area contributed by atoms with Gasteiger partial charge in [0.05, 0.1) is 12.5 Å². The zero-order valence-corrected chi connectivity index (χ0v) is 14.2. The number of amides is 1. The minimum atomic E-state index is -0.709. The van der Waals surface area contributed by atoms with Gasteiger partial charge in [-0.25, -0.2) is 0 Å². The van der Waals surface area contributed by atoms with E-state index < -0.39 is 5.97 Å². The van der Waals surface area contributed by atoms with Crippen LogP contribution < -0.4 is 0 Å². The SMILES string of the molecule is COCc1c(C(=O)N2CCC3(CC2)CC3C(=O)O)oc2ccccc12. The summed E-state index contributed by atoms with van der Waals surface area (Å²) >= 11 is 0. The Morgan fingerprint density at radius 1 is 1.32 bits per heavy atom. The molecule has 1 saturated carbocycles. The Balaban J connectivity index is 1.55. The fourth-order valence-corrected chi connectivity index (χ4v) is 4.11. The second-order valence-corrected chi connectivity index (χ2v) is 7.09. The standard InChI is InChI=1S/C19H21NO5/c1-24-11-13-12-4-2-3-5-15(12)25-16(13)17(21)20-8-6-19(7-9-20)10-14(19)18(22)23/h2-5,14H,6-11H2,1H3,(H,22,23). The molecule has 1 saturated heterocycles. The van der Waals surface area contributed by atoms with Gasteiger partial charge in [0.15, 0.2) is 5.76 Å². The second-order valence-electron chi connectivity index (χ2n) is 7.09. The van der Waals surface area contributed by atoms with Crippen molar-refractivity contribution in [1.29, 1.82) is 0 Å². The first-order chi connectivity index (χ1) is 12.1. The molecule has 25 heavy (non-hydrogen) atoms. The zero-order valence-electron chi connectivity index (χ0n) is 14.2. The van der Waals surface area contributed by atoms with Gasteiger partial charge in [-0.2, -0.15) is 0 Å². The van der Waals surface area contributed by atoms with Crippen LogP contribution in [0.15, 0.2) is 28.7 Å². The van der Waals surface area contributed by atoms with E-state index in [0.29, 0.717) is 31.0 Å². The molecular formula is C19H21NO5.